The topological polar surface area (TPSA) is 0 Å². The standard InChI is InChI=1S/C14H22S2/c1-3-4-5-6-7-11(2)12-8-9-13(15)14(16)10-12/h8-11,15-16H,3-7H2,1-2H3. The predicted octanol–water partition coefficient (Wildman–Crippen LogP) is 5.34. The molecule has 0 aliphatic rings. The molecule has 0 saturated carbocycles. The number of unbranched alkanes of at least 4 members (excludes halogenated alkanes) is 3. The van der Waals surface area contributed by atoms with Crippen LogP contribution in [0.3, 0.4) is 0 Å². The summed E-state index contributed by atoms with van der Waals surface area (Å²) in [5, 5.41) is 0. The van der Waals surface area contributed by atoms with Crippen molar-refractivity contribution in [2.24, 2.45) is 0 Å². The van der Waals surface area contributed by atoms with Crippen LogP contribution in [0.5, 0.6) is 0 Å². The Morgan fingerprint density at radius 3 is 2.44 bits per heavy atom. The Morgan fingerprint density at radius 2 is 1.81 bits per heavy atom. The van der Waals surface area contributed by atoms with E-state index >= 15 is 0 Å². The van der Waals surface area contributed by atoms with E-state index in [1.807, 2.05) is 6.07 Å². The Morgan fingerprint density at radius 1 is 1.06 bits per heavy atom. The molecule has 90 valence electrons. The molecule has 1 aromatic rings. The average Bonchev–Trinajstić information content (AvgIpc) is 2.28. The van der Waals surface area contributed by atoms with E-state index in [-0.39, 0.29) is 0 Å². The quantitative estimate of drug-likeness (QED) is 0.497. The Kier molecular flexibility index (Phi) is 6.37. The smallest absolute Gasteiger partial charge is 0.0177 e. The summed E-state index contributed by atoms with van der Waals surface area (Å²) in [6, 6.07) is 6.37. The van der Waals surface area contributed by atoms with Gasteiger partial charge < -0.3 is 0 Å². The lowest BCUT2D eigenvalue weighted by atomic mass is 9.95. The number of benzene rings is 1. The largest absolute Gasteiger partial charge is 0.142 e. The van der Waals surface area contributed by atoms with Crippen LogP contribution in [0.25, 0.3) is 0 Å². The molecular formula is C14H22S2. The normalized spacial score (nSPS) is 12.8. The zero-order valence-electron chi connectivity index (χ0n) is 10.2. The monoisotopic (exact) mass is 254 g/mol. The summed E-state index contributed by atoms with van der Waals surface area (Å²) in [5.41, 5.74) is 1.39. The molecule has 0 aliphatic carbocycles. The summed E-state index contributed by atoms with van der Waals surface area (Å²) in [6.45, 7) is 4.55. The molecule has 1 atom stereocenters. The first-order chi connectivity index (χ1) is 7.65. The highest BCUT2D eigenvalue weighted by atomic mass is 32.1. The maximum absolute atomic E-state index is 4.41. The van der Waals surface area contributed by atoms with Crippen molar-refractivity contribution in [1.29, 1.82) is 0 Å². The van der Waals surface area contributed by atoms with Crippen LogP contribution >= 0.6 is 25.3 Å². The highest BCUT2D eigenvalue weighted by Crippen LogP contribution is 2.27. The molecule has 0 nitrogen and oxygen atoms in total. The Balaban J connectivity index is 2.46. The summed E-state index contributed by atoms with van der Waals surface area (Å²) in [7, 11) is 0. The highest BCUT2D eigenvalue weighted by Gasteiger charge is 2.06. The van der Waals surface area contributed by atoms with Gasteiger partial charge in [0.05, 0.1) is 0 Å². The molecule has 0 N–H and O–H groups in total. The third kappa shape index (κ3) is 4.42. The minimum absolute atomic E-state index is 0.636. The maximum Gasteiger partial charge on any atom is 0.0177 e. The van der Waals surface area contributed by atoms with Crippen LogP contribution in [0.2, 0.25) is 0 Å². The van der Waals surface area contributed by atoms with Crippen molar-refractivity contribution in [2.75, 3.05) is 0 Å². The molecule has 1 rings (SSSR count). The highest BCUT2D eigenvalue weighted by molar-refractivity contribution is 7.83. The van der Waals surface area contributed by atoms with E-state index in [0.717, 1.165) is 9.79 Å². The molecule has 0 saturated heterocycles. The molecule has 0 spiro atoms. The second kappa shape index (κ2) is 7.29. The van der Waals surface area contributed by atoms with Gasteiger partial charge in [-0.1, -0.05) is 45.6 Å². The van der Waals surface area contributed by atoms with Crippen LogP contribution in [0, 0.1) is 0 Å². The van der Waals surface area contributed by atoms with E-state index in [9.17, 15) is 0 Å². The zero-order chi connectivity index (χ0) is 12.0. The molecule has 0 aromatic heterocycles. The predicted molar refractivity (Wildman–Crippen MR) is 78.1 cm³/mol. The first kappa shape index (κ1) is 14.0. The Labute approximate surface area is 111 Å². The van der Waals surface area contributed by atoms with Crippen molar-refractivity contribution in [2.45, 2.75) is 61.7 Å². The van der Waals surface area contributed by atoms with Crippen molar-refractivity contribution in [3.05, 3.63) is 23.8 Å². The molecular weight excluding hydrogens is 232 g/mol. The van der Waals surface area contributed by atoms with E-state index in [2.05, 4.69) is 51.2 Å². The van der Waals surface area contributed by atoms with Crippen molar-refractivity contribution in [3.63, 3.8) is 0 Å². The molecule has 0 radical (unpaired) electrons. The van der Waals surface area contributed by atoms with Crippen molar-refractivity contribution in [3.8, 4) is 0 Å². The SMILES string of the molecule is CCCCCCC(C)c1ccc(S)c(S)c1. The van der Waals surface area contributed by atoms with Crippen LogP contribution < -0.4 is 0 Å². The minimum atomic E-state index is 0.636. The van der Waals surface area contributed by atoms with Crippen LogP contribution in [0.1, 0.15) is 57.4 Å². The van der Waals surface area contributed by atoms with E-state index < -0.39 is 0 Å². The van der Waals surface area contributed by atoms with Gasteiger partial charge in [0.25, 0.3) is 0 Å². The molecule has 0 heterocycles. The summed E-state index contributed by atoms with van der Waals surface area (Å²) >= 11 is 8.75. The molecule has 0 bridgehead atoms. The first-order valence-corrected chi connectivity index (χ1v) is 7.06. The van der Waals surface area contributed by atoms with Gasteiger partial charge in [-0.25, -0.2) is 0 Å². The van der Waals surface area contributed by atoms with Gasteiger partial charge in [-0.3, -0.25) is 0 Å². The molecule has 1 aromatic carbocycles. The summed E-state index contributed by atoms with van der Waals surface area (Å²) in [4.78, 5) is 1.95. The third-order valence-electron chi connectivity index (χ3n) is 3.06. The van der Waals surface area contributed by atoms with Crippen molar-refractivity contribution in [1.82, 2.24) is 0 Å². The van der Waals surface area contributed by atoms with Crippen molar-refractivity contribution >= 4 is 25.3 Å². The van der Waals surface area contributed by atoms with E-state index in [1.54, 1.807) is 0 Å². The molecule has 16 heavy (non-hydrogen) atoms. The summed E-state index contributed by atoms with van der Waals surface area (Å²) in [6.07, 6.45) is 6.64. The van der Waals surface area contributed by atoms with Crippen LogP contribution in [0.4, 0.5) is 0 Å². The molecule has 2 heteroatoms. The second-order valence-corrected chi connectivity index (χ2v) is 5.46. The van der Waals surface area contributed by atoms with Gasteiger partial charge in [0.15, 0.2) is 0 Å². The Hall–Kier alpha value is -0.0800. The third-order valence-corrected chi connectivity index (χ3v) is 4.00. The molecule has 0 amide bonds. The van der Waals surface area contributed by atoms with Gasteiger partial charge in [0, 0.05) is 9.79 Å². The number of hydrogen-bond acceptors (Lipinski definition) is 2. The van der Waals surface area contributed by atoms with E-state index in [0.29, 0.717) is 5.92 Å². The fourth-order valence-electron chi connectivity index (χ4n) is 1.89. The van der Waals surface area contributed by atoms with Crippen molar-refractivity contribution < 1.29 is 0 Å². The fraction of sp³-hybridized carbons (Fsp3) is 0.571. The average molecular weight is 254 g/mol. The molecule has 1 unspecified atom stereocenters. The van der Waals surface area contributed by atoms with Gasteiger partial charge in [-0.15, -0.1) is 25.3 Å². The number of rotatable bonds is 6. The lowest BCUT2D eigenvalue weighted by molar-refractivity contribution is 0.579. The summed E-state index contributed by atoms with van der Waals surface area (Å²) < 4.78 is 0. The summed E-state index contributed by atoms with van der Waals surface area (Å²) in [5.74, 6) is 0.636. The van der Waals surface area contributed by atoms with Gasteiger partial charge in [-0.2, -0.15) is 0 Å². The van der Waals surface area contributed by atoms with Gasteiger partial charge in [0.2, 0.25) is 0 Å². The van der Waals surface area contributed by atoms with Gasteiger partial charge >= 0.3 is 0 Å². The van der Waals surface area contributed by atoms with E-state index in [1.165, 1.54) is 37.7 Å². The first-order valence-electron chi connectivity index (χ1n) is 6.17. The fourth-order valence-corrected chi connectivity index (χ4v) is 2.25. The second-order valence-electron chi connectivity index (χ2n) is 4.50. The molecule has 0 fully saturated rings. The lowest BCUT2D eigenvalue weighted by Crippen LogP contribution is -1.94. The number of thiol groups is 2. The number of hydrogen-bond donors (Lipinski definition) is 2. The Bertz CT molecular complexity index is 321. The van der Waals surface area contributed by atoms with E-state index in [4.69, 9.17) is 0 Å². The molecule has 0 aliphatic heterocycles. The zero-order valence-corrected chi connectivity index (χ0v) is 12.0. The van der Waals surface area contributed by atoms with Crippen LogP contribution in [-0.2, 0) is 0 Å². The van der Waals surface area contributed by atoms with Crippen LogP contribution in [-0.4, -0.2) is 0 Å². The lowest BCUT2D eigenvalue weighted by Gasteiger charge is -2.12. The minimum Gasteiger partial charge on any atom is -0.142 e. The van der Waals surface area contributed by atoms with Crippen LogP contribution in [0.15, 0.2) is 28.0 Å². The van der Waals surface area contributed by atoms with Gasteiger partial charge in [-0.05, 0) is 30.0 Å². The van der Waals surface area contributed by atoms with Gasteiger partial charge in [0.1, 0.15) is 0 Å². The maximum atomic E-state index is 4.41.